The summed E-state index contributed by atoms with van der Waals surface area (Å²) < 4.78 is 5.41. The number of rotatable bonds is 6. The lowest BCUT2D eigenvalue weighted by Crippen LogP contribution is -2.35. The zero-order chi connectivity index (χ0) is 15.2. The summed E-state index contributed by atoms with van der Waals surface area (Å²) in [5.41, 5.74) is 2.82. The highest BCUT2D eigenvalue weighted by Gasteiger charge is 2.21. The van der Waals surface area contributed by atoms with E-state index in [2.05, 4.69) is 34.1 Å². The molecular weight excluding hydrogens is 276 g/mol. The Morgan fingerprint density at radius 3 is 2.50 bits per heavy atom. The third-order valence-electron chi connectivity index (χ3n) is 4.81. The van der Waals surface area contributed by atoms with Gasteiger partial charge >= 0.3 is 0 Å². The zero-order valence-corrected chi connectivity index (χ0v) is 13.4. The molecule has 1 aromatic rings. The molecule has 2 aliphatic rings. The Morgan fingerprint density at radius 2 is 1.77 bits per heavy atom. The van der Waals surface area contributed by atoms with Gasteiger partial charge in [0.05, 0.1) is 13.2 Å². The minimum atomic E-state index is 0.327. The predicted molar refractivity (Wildman–Crippen MR) is 87.6 cm³/mol. The lowest BCUT2D eigenvalue weighted by molar-refractivity contribution is 0.0342. The van der Waals surface area contributed by atoms with Gasteiger partial charge in [0, 0.05) is 39.3 Å². The summed E-state index contributed by atoms with van der Waals surface area (Å²) in [6.45, 7) is 8.50. The summed E-state index contributed by atoms with van der Waals surface area (Å²) in [5, 5.41) is 9.06. The van der Waals surface area contributed by atoms with E-state index in [1.807, 2.05) is 0 Å². The SMILES string of the molecule is OCCC1CCN(Cc2cccc(CN3CCOCC3)c2)C1. The third-order valence-corrected chi connectivity index (χ3v) is 4.81. The van der Waals surface area contributed by atoms with Crippen molar-refractivity contribution in [1.82, 2.24) is 9.80 Å². The summed E-state index contributed by atoms with van der Waals surface area (Å²) in [4.78, 5) is 4.99. The Kier molecular flexibility index (Phi) is 5.84. The van der Waals surface area contributed by atoms with Crippen molar-refractivity contribution in [3.05, 3.63) is 35.4 Å². The van der Waals surface area contributed by atoms with Crippen LogP contribution in [0.2, 0.25) is 0 Å². The topological polar surface area (TPSA) is 35.9 Å². The van der Waals surface area contributed by atoms with Gasteiger partial charge in [-0.3, -0.25) is 9.80 Å². The molecule has 4 nitrogen and oxygen atoms in total. The van der Waals surface area contributed by atoms with Crippen LogP contribution < -0.4 is 0 Å². The lowest BCUT2D eigenvalue weighted by atomic mass is 10.1. The molecule has 2 saturated heterocycles. The van der Waals surface area contributed by atoms with E-state index in [1.54, 1.807) is 0 Å². The highest BCUT2D eigenvalue weighted by Crippen LogP contribution is 2.21. The quantitative estimate of drug-likeness (QED) is 0.868. The Labute approximate surface area is 133 Å². The fraction of sp³-hybridized carbons (Fsp3) is 0.667. The molecule has 1 N–H and O–H groups in total. The van der Waals surface area contributed by atoms with E-state index < -0.39 is 0 Å². The van der Waals surface area contributed by atoms with Crippen LogP contribution in [0.25, 0.3) is 0 Å². The maximum Gasteiger partial charge on any atom is 0.0594 e. The maximum atomic E-state index is 9.06. The largest absolute Gasteiger partial charge is 0.396 e. The van der Waals surface area contributed by atoms with E-state index in [4.69, 9.17) is 9.84 Å². The van der Waals surface area contributed by atoms with Crippen molar-refractivity contribution < 1.29 is 9.84 Å². The number of nitrogens with zero attached hydrogens (tertiary/aromatic N) is 2. The molecule has 4 heteroatoms. The first-order valence-corrected chi connectivity index (χ1v) is 8.54. The van der Waals surface area contributed by atoms with Gasteiger partial charge in [0.15, 0.2) is 0 Å². The van der Waals surface area contributed by atoms with Gasteiger partial charge in [-0.15, -0.1) is 0 Å². The van der Waals surface area contributed by atoms with Crippen molar-refractivity contribution in [3.63, 3.8) is 0 Å². The monoisotopic (exact) mass is 304 g/mol. The molecule has 2 heterocycles. The van der Waals surface area contributed by atoms with E-state index in [1.165, 1.54) is 24.1 Å². The molecule has 22 heavy (non-hydrogen) atoms. The molecule has 0 spiro atoms. The maximum absolute atomic E-state index is 9.06. The molecule has 0 aromatic heterocycles. The molecule has 0 radical (unpaired) electrons. The zero-order valence-electron chi connectivity index (χ0n) is 13.4. The molecule has 2 fully saturated rings. The highest BCUT2D eigenvalue weighted by atomic mass is 16.5. The first kappa shape index (κ1) is 15.9. The number of benzene rings is 1. The van der Waals surface area contributed by atoms with Crippen molar-refractivity contribution >= 4 is 0 Å². The Bertz CT molecular complexity index is 460. The van der Waals surface area contributed by atoms with E-state index in [-0.39, 0.29) is 0 Å². The third kappa shape index (κ3) is 4.53. The lowest BCUT2D eigenvalue weighted by Gasteiger charge is -2.26. The average molecular weight is 304 g/mol. The minimum absolute atomic E-state index is 0.327. The summed E-state index contributed by atoms with van der Waals surface area (Å²) >= 11 is 0. The Hall–Kier alpha value is -0.940. The average Bonchev–Trinajstić information content (AvgIpc) is 2.96. The van der Waals surface area contributed by atoms with Crippen LogP contribution in [0, 0.1) is 5.92 Å². The van der Waals surface area contributed by atoms with Crippen LogP contribution in [0.15, 0.2) is 24.3 Å². The summed E-state index contributed by atoms with van der Waals surface area (Å²) in [6.07, 6.45) is 2.18. The van der Waals surface area contributed by atoms with Crippen molar-refractivity contribution in [2.45, 2.75) is 25.9 Å². The molecule has 0 saturated carbocycles. The fourth-order valence-corrected chi connectivity index (χ4v) is 3.58. The first-order chi connectivity index (χ1) is 10.8. The molecule has 1 unspecified atom stereocenters. The molecule has 122 valence electrons. The van der Waals surface area contributed by atoms with Gasteiger partial charge in [-0.1, -0.05) is 24.3 Å². The highest BCUT2D eigenvalue weighted by molar-refractivity contribution is 5.23. The molecule has 0 bridgehead atoms. The van der Waals surface area contributed by atoms with Gasteiger partial charge < -0.3 is 9.84 Å². The fourth-order valence-electron chi connectivity index (χ4n) is 3.58. The number of aliphatic hydroxyl groups is 1. The predicted octanol–water partition coefficient (Wildman–Crippen LogP) is 1.72. The minimum Gasteiger partial charge on any atom is -0.396 e. The van der Waals surface area contributed by atoms with Crippen molar-refractivity contribution in [3.8, 4) is 0 Å². The van der Waals surface area contributed by atoms with Gasteiger partial charge in [0.1, 0.15) is 0 Å². The van der Waals surface area contributed by atoms with Crippen molar-refractivity contribution in [1.29, 1.82) is 0 Å². The van der Waals surface area contributed by atoms with Gasteiger partial charge in [0.25, 0.3) is 0 Å². The van der Waals surface area contributed by atoms with E-state index in [0.29, 0.717) is 12.5 Å². The van der Waals surface area contributed by atoms with Crippen LogP contribution in [-0.4, -0.2) is 60.9 Å². The molecule has 1 atom stereocenters. The number of ether oxygens (including phenoxy) is 1. The molecular formula is C18H28N2O2. The van der Waals surface area contributed by atoms with Crippen LogP contribution in [0.5, 0.6) is 0 Å². The van der Waals surface area contributed by atoms with E-state index >= 15 is 0 Å². The smallest absolute Gasteiger partial charge is 0.0594 e. The summed E-state index contributed by atoms with van der Waals surface area (Å²) in [6, 6.07) is 9.01. The van der Waals surface area contributed by atoms with Crippen LogP contribution >= 0.6 is 0 Å². The molecule has 0 aliphatic carbocycles. The summed E-state index contributed by atoms with van der Waals surface area (Å²) in [5.74, 6) is 0.682. The number of morpholine rings is 1. The van der Waals surface area contributed by atoms with Crippen LogP contribution in [-0.2, 0) is 17.8 Å². The second-order valence-corrected chi connectivity index (χ2v) is 6.61. The van der Waals surface area contributed by atoms with Crippen LogP contribution in [0.3, 0.4) is 0 Å². The first-order valence-electron chi connectivity index (χ1n) is 8.54. The normalized spacial score (nSPS) is 24.0. The molecule has 3 rings (SSSR count). The van der Waals surface area contributed by atoms with E-state index in [9.17, 15) is 0 Å². The molecule has 1 aromatic carbocycles. The second kappa shape index (κ2) is 8.06. The van der Waals surface area contributed by atoms with Gasteiger partial charge in [-0.25, -0.2) is 0 Å². The van der Waals surface area contributed by atoms with Crippen molar-refractivity contribution in [2.24, 2.45) is 5.92 Å². The van der Waals surface area contributed by atoms with Gasteiger partial charge in [-0.2, -0.15) is 0 Å². The number of hydrogen-bond donors (Lipinski definition) is 1. The summed E-state index contributed by atoms with van der Waals surface area (Å²) in [7, 11) is 0. The standard InChI is InChI=1S/C18H28N2O2/c21-9-5-16-4-6-20(13-16)15-18-3-1-2-17(12-18)14-19-7-10-22-11-8-19/h1-3,12,16,21H,4-11,13-15H2. The van der Waals surface area contributed by atoms with E-state index in [0.717, 1.165) is 52.4 Å². The Morgan fingerprint density at radius 1 is 1.05 bits per heavy atom. The second-order valence-electron chi connectivity index (χ2n) is 6.61. The molecule has 0 amide bonds. The van der Waals surface area contributed by atoms with Gasteiger partial charge in [0.2, 0.25) is 0 Å². The number of hydrogen-bond acceptors (Lipinski definition) is 4. The number of likely N-dealkylation sites (tertiary alicyclic amines) is 1. The van der Waals surface area contributed by atoms with Gasteiger partial charge in [-0.05, 0) is 36.4 Å². The Balaban J connectivity index is 1.52. The number of aliphatic hydroxyl groups excluding tert-OH is 1. The van der Waals surface area contributed by atoms with Crippen molar-refractivity contribution in [2.75, 3.05) is 46.0 Å². The van der Waals surface area contributed by atoms with Crippen LogP contribution in [0.1, 0.15) is 24.0 Å². The molecule has 2 aliphatic heterocycles. The van der Waals surface area contributed by atoms with Crippen LogP contribution in [0.4, 0.5) is 0 Å².